The van der Waals surface area contributed by atoms with E-state index in [9.17, 15) is 0 Å². The standard InChI is InChI=1S/C15H19N5/c1-12-9-14(20-7-2-3-8-20)19-15(18-12)17-11-13-5-4-6-16-10-13/h4-6,9-10H,2-3,7-8,11H2,1H3,(H,17,18,19). The molecule has 1 fully saturated rings. The quantitative estimate of drug-likeness (QED) is 0.923. The summed E-state index contributed by atoms with van der Waals surface area (Å²) in [6, 6.07) is 6.03. The molecule has 0 atom stereocenters. The third-order valence-electron chi connectivity index (χ3n) is 3.44. The maximum Gasteiger partial charge on any atom is 0.225 e. The van der Waals surface area contributed by atoms with E-state index in [4.69, 9.17) is 0 Å². The van der Waals surface area contributed by atoms with Crippen LogP contribution in [0.3, 0.4) is 0 Å². The van der Waals surface area contributed by atoms with E-state index in [2.05, 4.69) is 31.2 Å². The predicted molar refractivity (Wildman–Crippen MR) is 79.8 cm³/mol. The third-order valence-corrected chi connectivity index (χ3v) is 3.44. The maximum absolute atomic E-state index is 4.61. The predicted octanol–water partition coefficient (Wildman–Crippen LogP) is 2.39. The van der Waals surface area contributed by atoms with E-state index in [1.807, 2.05) is 25.3 Å². The Balaban J connectivity index is 1.72. The van der Waals surface area contributed by atoms with Crippen molar-refractivity contribution in [3.05, 3.63) is 41.9 Å². The van der Waals surface area contributed by atoms with Crippen LogP contribution < -0.4 is 10.2 Å². The van der Waals surface area contributed by atoms with Gasteiger partial charge in [0.25, 0.3) is 0 Å². The normalized spacial score (nSPS) is 14.6. The average Bonchev–Trinajstić information content (AvgIpc) is 3.00. The molecule has 1 aliphatic heterocycles. The highest BCUT2D eigenvalue weighted by Crippen LogP contribution is 2.20. The molecule has 5 heteroatoms. The van der Waals surface area contributed by atoms with Crippen LogP contribution in [0, 0.1) is 6.92 Å². The number of rotatable bonds is 4. The molecule has 3 rings (SSSR count). The summed E-state index contributed by atoms with van der Waals surface area (Å²) < 4.78 is 0. The number of aromatic nitrogens is 3. The zero-order chi connectivity index (χ0) is 13.8. The second-order valence-corrected chi connectivity index (χ2v) is 5.10. The topological polar surface area (TPSA) is 53.9 Å². The second kappa shape index (κ2) is 5.86. The molecule has 3 heterocycles. The molecular weight excluding hydrogens is 250 g/mol. The fourth-order valence-electron chi connectivity index (χ4n) is 2.42. The van der Waals surface area contributed by atoms with Gasteiger partial charge in [-0.2, -0.15) is 4.98 Å². The van der Waals surface area contributed by atoms with E-state index in [0.29, 0.717) is 12.5 Å². The Morgan fingerprint density at radius 1 is 1.25 bits per heavy atom. The summed E-state index contributed by atoms with van der Waals surface area (Å²) in [5, 5.41) is 3.28. The van der Waals surface area contributed by atoms with Crippen molar-refractivity contribution < 1.29 is 0 Å². The lowest BCUT2D eigenvalue weighted by Crippen LogP contribution is -2.20. The molecule has 0 spiro atoms. The Labute approximate surface area is 119 Å². The van der Waals surface area contributed by atoms with Crippen LogP contribution in [0.2, 0.25) is 0 Å². The van der Waals surface area contributed by atoms with E-state index >= 15 is 0 Å². The lowest BCUT2D eigenvalue weighted by atomic mass is 10.3. The molecule has 1 saturated heterocycles. The number of aryl methyl sites for hydroxylation is 1. The molecular formula is C15H19N5. The Morgan fingerprint density at radius 3 is 2.85 bits per heavy atom. The van der Waals surface area contributed by atoms with E-state index in [1.54, 1.807) is 6.20 Å². The van der Waals surface area contributed by atoms with Gasteiger partial charge in [0.15, 0.2) is 0 Å². The molecule has 5 nitrogen and oxygen atoms in total. The van der Waals surface area contributed by atoms with Crippen LogP contribution in [0.25, 0.3) is 0 Å². The zero-order valence-corrected chi connectivity index (χ0v) is 11.7. The Bertz CT molecular complexity index is 564. The number of anilines is 2. The summed E-state index contributed by atoms with van der Waals surface area (Å²) in [6.07, 6.45) is 6.13. The van der Waals surface area contributed by atoms with Crippen molar-refractivity contribution in [2.45, 2.75) is 26.3 Å². The van der Waals surface area contributed by atoms with Crippen molar-refractivity contribution in [2.24, 2.45) is 0 Å². The number of hydrogen-bond donors (Lipinski definition) is 1. The largest absolute Gasteiger partial charge is 0.356 e. The first-order valence-corrected chi connectivity index (χ1v) is 7.05. The highest BCUT2D eigenvalue weighted by Gasteiger charge is 2.14. The van der Waals surface area contributed by atoms with Gasteiger partial charge in [-0.15, -0.1) is 0 Å². The molecule has 0 unspecified atom stereocenters. The molecule has 20 heavy (non-hydrogen) atoms. The van der Waals surface area contributed by atoms with Gasteiger partial charge in [-0.25, -0.2) is 4.98 Å². The Morgan fingerprint density at radius 2 is 2.10 bits per heavy atom. The molecule has 2 aromatic heterocycles. The summed E-state index contributed by atoms with van der Waals surface area (Å²) >= 11 is 0. The Kier molecular flexibility index (Phi) is 3.76. The van der Waals surface area contributed by atoms with Gasteiger partial charge in [0.2, 0.25) is 5.95 Å². The van der Waals surface area contributed by atoms with E-state index in [0.717, 1.165) is 30.2 Å². The summed E-state index contributed by atoms with van der Waals surface area (Å²) in [4.78, 5) is 15.5. The highest BCUT2D eigenvalue weighted by atomic mass is 15.2. The summed E-state index contributed by atoms with van der Waals surface area (Å²) in [6.45, 7) is 4.89. The van der Waals surface area contributed by atoms with Gasteiger partial charge in [-0.3, -0.25) is 4.98 Å². The van der Waals surface area contributed by atoms with Gasteiger partial charge in [0, 0.05) is 43.8 Å². The molecule has 0 aliphatic carbocycles. The van der Waals surface area contributed by atoms with E-state index in [1.165, 1.54) is 12.8 Å². The average molecular weight is 269 g/mol. The number of nitrogens with one attached hydrogen (secondary N) is 1. The molecule has 1 N–H and O–H groups in total. The number of hydrogen-bond acceptors (Lipinski definition) is 5. The van der Waals surface area contributed by atoms with Gasteiger partial charge in [0.1, 0.15) is 5.82 Å². The minimum atomic E-state index is 0.691. The molecule has 0 bridgehead atoms. The van der Waals surface area contributed by atoms with Gasteiger partial charge in [-0.05, 0) is 31.4 Å². The molecule has 1 aliphatic rings. The van der Waals surface area contributed by atoms with Crippen molar-refractivity contribution >= 4 is 11.8 Å². The first kappa shape index (κ1) is 12.8. The first-order valence-electron chi connectivity index (χ1n) is 7.05. The molecule has 2 aromatic rings. The molecule has 0 saturated carbocycles. The van der Waals surface area contributed by atoms with Crippen LogP contribution >= 0.6 is 0 Å². The maximum atomic E-state index is 4.61. The van der Waals surface area contributed by atoms with E-state index < -0.39 is 0 Å². The summed E-state index contributed by atoms with van der Waals surface area (Å²) in [5.41, 5.74) is 2.12. The molecule has 0 aromatic carbocycles. The van der Waals surface area contributed by atoms with Crippen LogP contribution in [-0.2, 0) is 6.54 Å². The SMILES string of the molecule is Cc1cc(N2CCCC2)nc(NCc2cccnc2)n1. The lowest BCUT2D eigenvalue weighted by Gasteiger charge is -2.17. The van der Waals surface area contributed by atoms with Gasteiger partial charge in [-0.1, -0.05) is 6.07 Å². The fraction of sp³-hybridized carbons (Fsp3) is 0.400. The van der Waals surface area contributed by atoms with Crippen LogP contribution in [0.4, 0.5) is 11.8 Å². The zero-order valence-electron chi connectivity index (χ0n) is 11.7. The molecule has 104 valence electrons. The minimum absolute atomic E-state index is 0.691. The number of pyridine rings is 1. The van der Waals surface area contributed by atoms with Crippen molar-refractivity contribution in [1.82, 2.24) is 15.0 Å². The second-order valence-electron chi connectivity index (χ2n) is 5.10. The van der Waals surface area contributed by atoms with Gasteiger partial charge in [0.05, 0.1) is 0 Å². The van der Waals surface area contributed by atoms with E-state index in [-0.39, 0.29) is 0 Å². The van der Waals surface area contributed by atoms with Gasteiger partial charge < -0.3 is 10.2 Å². The lowest BCUT2D eigenvalue weighted by molar-refractivity contribution is 0.915. The monoisotopic (exact) mass is 269 g/mol. The van der Waals surface area contributed by atoms with Crippen LogP contribution in [0.5, 0.6) is 0 Å². The van der Waals surface area contributed by atoms with Crippen molar-refractivity contribution in [1.29, 1.82) is 0 Å². The summed E-state index contributed by atoms with van der Waals surface area (Å²) in [7, 11) is 0. The van der Waals surface area contributed by atoms with Crippen molar-refractivity contribution in [3.8, 4) is 0 Å². The summed E-state index contributed by atoms with van der Waals surface area (Å²) in [5.74, 6) is 1.72. The Hall–Kier alpha value is -2.17. The van der Waals surface area contributed by atoms with Crippen LogP contribution in [0.15, 0.2) is 30.6 Å². The van der Waals surface area contributed by atoms with Crippen LogP contribution in [0.1, 0.15) is 24.1 Å². The highest BCUT2D eigenvalue weighted by molar-refractivity contribution is 5.45. The smallest absolute Gasteiger partial charge is 0.225 e. The number of nitrogens with zero attached hydrogens (tertiary/aromatic N) is 4. The molecule has 0 radical (unpaired) electrons. The van der Waals surface area contributed by atoms with Crippen molar-refractivity contribution in [3.63, 3.8) is 0 Å². The minimum Gasteiger partial charge on any atom is -0.356 e. The third kappa shape index (κ3) is 3.04. The van der Waals surface area contributed by atoms with Gasteiger partial charge >= 0.3 is 0 Å². The molecule has 0 amide bonds. The first-order chi connectivity index (χ1) is 9.81. The van der Waals surface area contributed by atoms with Crippen molar-refractivity contribution in [2.75, 3.05) is 23.3 Å². The van der Waals surface area contributed by atoms with Crippen LogP contribution in [-0.4, -0.2) is 28.0 Å². The fourth-order valence-corrected chi connectivity index (χ4v) is 2.42.